The van der Waals surface area contributed by atoms with E-state index in [4.69, 9.17) is 0 Å². The van der Waals surface area contributed by atoms with E-state index in [0.717, 1.165) is 17.8 Å². The number of aryl methyl sites for hydroxylation is 1. The van der Waals surface area contributed by atoms with Gasteiger partial charge >= 0.3 is 0 Å². The van der Waals surface area contributed by atoms with Gasteiger partial charge < -0.3 is 0 Å². The summed E-state index contributed by atoms with van der Waals surface area (Å²) in [6.07, 6.45) is 5.86. The predicted molar refractivity (Wildman–Crippen MR) is 89.3 cm³/mol. The second kappa shape index (κ2) is 4.87. The summed E-state index contributed by atoms with van der Waals surface area (Å²) in [6.45, 7) is 2.22. The largest absolute Gasteiger partial charge is 0.0835 e. The highest BCUT2D eigenvalue weighted by Gasteiger charge is 2.42. The molecule has 2 aromatic rings. The number of alkyl halides is 1. The Morgan fingerprint density at radius 2 is 1.80 bits per heavy atom. The average Bonchev–Trinajstić information content (AvgIpc) is 3.10. The molecule has 0 aliphatic heterocycles. The van der Waals surface area contributed by atoms with Crippen molar-refractivity contribution in [2.45, 2.75) is 37.4 Å². The van der Waals surface area contributed by atoms with Crippen molar-refractivity contribution in [3.8, 4) is 0 Å². The second-order valence-corrected chi connectivity index (χ2v) is 7.74. The van der Waals surface area contributed by atoms with Gasteiger partial charge in [-0.15, -0.1) is 0 Å². The van der Waals surface area contributed by atoms with Gasteiger partial charge in [0, 0.05) is 4.83 Å². The molecule has 0 aromatic heterocycles. The highest BCUT2D eigenvalue weighted by Crippen LogP contribution is 2.55. The summed E-state index contributed by atoms with van der Waals surface area (Å²) >= 11 is 4.06. The van der Waals surface area contributed by atoms with Gasteiger partial charge in [-0.2, -0.15) is 0 Å². The maximum absolute atomic E-state index is 4.06. The van der Waals surface area contributed by atoms with E-state index < -0.39 is 0 Å². The zero-order valence-corrected chi connectivity index (χ0v) is 13.6. The van der Waals surface area contributed by atoms with E-state index in [9.17, 15) is 0 Å². The van der Waals surface area contributed by atoms with Crippen LogP contribution in [-0.4, -0.2) is 0 Å². The Kier molecular flexibility index (Phi) is 3.14. The van der Waals surface area contributed by atoms with E-state index in [1.165, 1.54) is 47.6 Å². The number of fused-ring (bicyclic) bond motifs is 3. The van der Waals surface area contributed by atoms with E-state index in [2.05, 4.69) is 59.3 Å². The maximum atomic E-state index is 4.06. The molecule has 4 atom stereocenters. The zero-order chi connectivity index (χ0) is 13.7. The molecule has 4 unspecified atom stereocenters. The fourth-order valence-electron chi connectivity index (χ4n) is 4.60. The first kappa shape index (κ1) is 12.9. The highest BCUT2D eigenvalue weighted by atomic mass is 79.9. The minimum Gasteiger partial charge on any atom is -0.0835 e. The van der Waals surface area contributed by atoms with Crippen LogP contribution in [0.25, 0.3) is 10.8 Å². The van der Waals surface area contributed by atoms with Crippen molar-refractivity contribution >= 4 is 26.7 Å². The fourth-order valence-corrected chi connectivity index (χ4v) is 5.64. The first-order valence-electron chi connectivity index (χ1n) is 7.86. The summed E-state index contributed by atoms with van der Waals surface area (Å²) in [6, 6.07) is 13.5. The SMILES string of the molecule is Cc1ccc(C(Br)C2CC3CCC2C3)c2ccccc12. The van der Waals surface area contributed by atoms with Crippen LogP contribution in [0.15, 0.2) is 36.4 Å². The smallest absolute Gasteiger partial charge is 0.0432 e. The molecular formula is C19H21Br. The van der Waals surface area contributed by atoms with Crippen molar-refractivity contribution in [2.24, 2.45) is 17.8 Å². The topological polar surface area (TPSA) is 0 Å². The molecule has 2 fully saturated rings. The molecule has 2 aliphatic rings. The van der Waals surface area contributed by atoms with Crippen LogP contribution < -0.4 is 0 Å². The third-order valence-corrected chi connectivity index (χ3v) is 6.81. The number of benzene rings is 2. The molecule has 0 saturated heterocycles. The van der Waals surface area contributed by atoms with Gasteiger partial charge in [-0.1, -0.05) is 58.7 Å². The molecule has 104 valence electrons. The van der Waals surface area contributed by atoms with E-state index in [1.54, 1.807) is 0 Å². The molecule has 0 spiro atoms. The molecule has 20 heavy (non-hydrogen) atoms. The molecule has 2 aliphatic carbocycles. The molecule has 2 bridgehead atoms. The van der Waals surface area contributed by atoms with E-state index in [-0.39, 0.29) is 0 Å². The second-order valence-electron chi connectivity index (χ2n) is 6.76. The number of hydrogen-bond acceptors (Lipinski definition) is 0. The maximum Gasteiger partial charge on any atom is 0.0432 e. The summed E-state index contributed by atoms with van der Waals surface area (Å²) in [7, 11) is 0. The summed E-state index contributed by atoms with van der Waals surface area (Å²) in [5.74, 6) is 2.83. The lowest BCUT2D eigenvalue weighted by molar-refractivity contribution is 0.330. The van der Waals surface area contributed by atoms with E-state index in [1.807, 2.05) is 0 Å². The molecule has 1 heteroatoms. The molecule has 0 N–H and O–H groups in total. The molecule has 2 saturated carbocycles. The summed E-state index contributed by atoms with van der Waals surface area (Å²) in [4.78, 5) is 0.531. The molecule has 0 nitrogen and oxygen atoms in total. The molecular weight excluding hydrogens is 308 g/mol. The first-order chi connectivity index (χ1) is 9.74. The van der Waals surface area contributed by atoms with Crippen LogP contribution in [0.2, 0.25) is 0 Å². The predicted octanol–water partition coefficient (Wildman–Crippen LogP) is 6.02. The Hall–Kier alpha value is -0.820. The minimum absolute atomic E-state index is 0.531. The van der Waals surface area contributed by atoms with Gasteiger partial charge in [0.05, 0.1) is 0 Å². The Labute approximate surface area is 129 Å². The number of halogens is 1. The van der Waals surface area contributed by atoms with Gasteiger partial charge in [0.15, 0.2) is 0 Å². The first-order valence-corrected chi connectivity index (χ1v) is 8.78. The molecule has 4 rings (SSSR count). The highest BCUT2D eigenvalue weighted by molar-refractivity contribution is 9.09. The van der Waals surface area contributed by atoms with Crippen LogP contribution in [-0.2, 0) is 0 Å². The van der Waals surface area contributed by atoms with Crippen molar-refractivity contribution in [1.29, 1.82) is 0 Å². The van der Waals surface area contributed by atoms with Crippen LogP contribution in [0.4, 0.5) is 0 Å². The normalized spacial score (nSPS) is 30.0. The van der Waals surface area contributed by atoms with Crippen LogP contribution in [0.3, 0.4) is 0 Å². The third-order valence-electron chi connectivity index (χ3n) is 5.64. The summed E-state index contributed by atoms with van der Waals surface area (Å²) in [5.41, 5.74) is 2.89. The quantitative estimate of drug-likeness (QED) is 0.591. The fraction of sp³-hybridized carbons (Fsp3) is 0.474. The zero-order valence-electron chi connectivity index (χ0n) is 12.0. The Morgan fingerprint density at radius 3 is 2.50 bits per heavy atom. The van der Waals surface area contributed by atoms with Gasteiger partial charge in [-0.05, 0) is 65.8 Å². The molecule has 2 aromatic carbocycles. The van der Waals surface area contributed by atoms with Gasteiger partial charge in [-0.25, -0.2) is 0 Å². The Bertz CT molecular complexity index is 645. The molecule has 0 heterocycles. The lowest BCUT2D eigenvalue weighted by Gasteiger charge is -2.28. The Balaban J connectivity index is 1.77. The van der Waals surface area contributed by atoms with Crippen LogP contribution >= 0.6 is 15.9 Å². The van der Waals surface area contributed by atoms with Crippen molar-refractivity contribution in [3.05, 3.63) is 47.5 Å². The lowest BCUT2D eigenvalue weighted by atomic mass is 9.83. The van der Waals surface area contributed by atoms with Crippen molar-refractivity contribution in [1.82, 2.24) is 0 Å². The summed E-state index contributed by atoms with van der Waals surface area (Å²) < 4.78 is 0. The Morgan fingerprint density at radius 1 is 1.00 bits per heavy atom. The minimum atomic E-state index is 0.531. The van der Waals surface area contributed by atoms with Crippen LogP contribution in [0, 0.1) is 24.7 Å². The van der Waals surface area contributed by atoms with Gasteiger partial charge in [-0.3, -0.25) is 0 Å². The average molecular weight is 329 g/mol. The van der Waals surface area contributed by atoms with Crippen molar-refractivity contribution in [3.63, 3.8) is 0 Å². The monoisotopic (exact) mass is 328 g/mol. The number of hydrogen-bond donors (Lipinski definition) is 0. The van der Waals surface area contributed by atoms with Gasteiger partial charge in [0.2, 0.25) is 0 Å². The van der Waals surface area contributed by atoms with Gasteiger partial charge in [0.25, 0.3) is 0 Å². The van der Waals surface area contributed by atoms with Gasteiger partial charge in [0.1, 0.15) is 0 Å². The number of rotatable bonds is 2. The third kappa shape index (κ3) is 1.94. The molecule has 0 radical (unpaired) electrons. The standard InChI is InChI=1S/C19H21Br/c1-12-6-9-17(16-5-3-2-4-15(12)16)19(20)18-11-13-7-8-14(18)10-13/h2-6,9,13-14,18-19H,7-8,10-11H2,1H3. The van der Waals surface area contributed by atoms with E-state index in [0.29, 0.717) is 4.83 Å². The van der Waals surface area contributed by atoms with Crippen LogP contribution in [0.5, 0.6) is 0 Å². The van der Waals surface area contributed by atoms with E-state index >= 15 is 0 Å². The summed E-state index contributed by atoms with van der Waals surface area (Å²) in [5, 5.41) is 2.86. The lowest BCUT2D eigenvalue weighted by Crippen LogP contribution is -2.15. The molecule has 0 amide bonds. The van der Waals surface area contributed by atoms with Crippen LogP contribution in [0.1, 0.15) is 41.6 Å². The van der Waals surface area contributed by atoms with Crippen molar-refractivity contribution < 1.29 is 0 Å². The van der Waals surface area contributed by atoms with Crippen molar-refractivity contribution in [2.75, 3.05) is 0 Å².